The van der Waals surface area contributed by atoms with Gasteiger partial charge < -0.3 is 35.5 Å². The SMILES string of the molecule is CNC(C)C(=O)N[C@H](C(=O)N1CCC[C@@H]1c1nc(C(=O)c2cccc(OCCOCCOCCN)c2)cs1)C1CCCCC1. The van der Waals surface area contributed by atoms with E-state index in [2.05, 4.69) is 10.6 Å². The summed E-state index contributed by atoms with van der Waals surface area (Å²) >= 11 is 1.40. The van der Waals surface area contributed by atoms with Crippen molar-refractivity contribution in [2.75, 3.05) is 53.2 Å². The second kappa shape index (κ2) is 17.6. The second-order valence-electron chi connectivity index (χ2n) is 11.4. The lowest BCUT2D eigenvalue weighted by atomic mass is 9.83. The minimum atomic E-state index is -0.558. The van der Waals surface area contributed by atoms with Gasteiger partial charge in [0.1, 0.15) is 29.1 Å². The number of thiazole rings is 1. The Labute approximate surface area is 264 Å². The fourth-order valence-electron chi connectivity index (χ4n) is 5.77. The molecule has 44 heavy (non-hydrogen) atoms. The summed E-state index contributed by atoms with van der Waals surface area (Å²) in [5.74, 6) is 0.285. The zero-order valence-corrected chi connectivity index (χ0v) is 26.7. The van der Waals surface area contributed by atoms with Crippen molar-refractivity contribution >= 4 is 28.9 Å². The molecule has 1 aromatic heterocycles. The van der Waals surface area contributed by atoms with E-state index in [-0.39, 0.29) is 35.6 Å². The third kappa shape index (κ3) is 9.31. The Morgan fingerprint density at radius 2 is 1.80 bits per heavy atom. The van der Waals surface area contributed by atoms with Gasteiger partial charge in [0.25, 0.3) is 0 Å². The van der Waals surface area contributed by atoms with Crippen molar-refractivity contribution in [3.05, 3.63) is 45.9 Å². The molecule has 0 bridgehead atoms. The number of likely N-dealkylation sites (tertiary alicyclic amines) is 1. The number of hydrogen-bond donors (Lipinski definition) is 3. The van der Waals surface area contributed by atoms with Gasteiger partial charge >= 0.3 is 0 Å². The molecule has 1 unspecified atom stereocenters. The quantitative estimate of drug-likeness (QED) is 0.178. The highest BCUT2D eigenvalue weighted by atomic mass is 32.1. The molecule has 2 fully saturated rings. The molecule has 0 spiro atoms. The molecule has 4 rings (SSSR count). The number of likely N-dealkylation sites (N-methyl/N-ethyl adjacent to an activating group) is 1. The number of carbonyl (C=O) groups is 3. The van der Waals surface area contributed by atoms with E-state index in [9.17, 15) is 14.4 Å². The number of nitrogens with two attached hydrogens (primary N) is 1. The van der Waals surface area contributed by atoms with E-state index in [0.717, 1.165) is 50.0 Å². The first-order valence-corrected chi connectivity index (χ1v) is 16.7. The molecule has 1 aromatic carbocycles. The highest BCUT2D eigenvalue weighted by Gasteiger charge is 2.40. The first kappa shape index (κ1) is 34.0. The number of benzene rings is 1. The third-order valence-electron chi connectivity index (χ3n) is 8.31. The van der Waals surface area contributed by atoms with E-state index >= 15 is 0 Å². The van der Waals surface area contributed by atoms with Gasteiger partial charge in [0.05, 0.1) is 38.5 Å². The van der Waals surface area contributed by atoms with E-state index in [1.165, 1.54) is 11.3 Å². The molecule has 11 nitrogen and oxygen atoms in total. The number of nitrogens with one attached hydrogen (secondary N) is 2. The van der Waals surface area contributed by atoms with Crippen molar-refractivity contribution in [2.24, 2.45) is 11.7 Å². The lowest BCUT2D eigenvalue weighted by Gasteiger charge is -2.35. The summed E-state index contributed by atoms with van der Waals surface area (Å²) < 4.78 is 16.5. The van der Waals surface area contributed by atoms with Crippen LogP contribution in [0.3, 0.4) is 0 Å². The number of hydrogen-bond acceptors (Lipinski definition) is 10. The van der Waals surface area contributed by atoms with Crippen LogP contribution in [0.2, 0.25) is 0 Å². The number of ether oxygens (including phenoxy) is 3. The van der Waals surface area contributed by atoms with Crippen LogP contribution < -0.4 is 21.1 Å². The maximum Gasteiger partial charge on any atom is 0.246 e. The molecule has 2 aliphatic rings. The number of nitrogens with zero attached hydrogens (tertiary/aromatic N) is 2. The molecular formula is C32H47N5O6S. The van der Waals surface area contributed by atoms with Gasteiger partial charge in [-0.15, -0.1) is 11.3 Å². The van der Waals surface area contributed by atoms with E-state index in [0.29, 0.717) is 63.1 Å². The Bertz CT molecular complexity index is 1220. The van der Waals surface area contributed by atoms with Crippen LogP contribution in [0.4, 0.5) is 0 Å². The summed E-state index contributed by atoms with van der Waals surface area (Å²) in [7, 11) is 1.74. The summed E-state index contributed by atoms with van der Waals surface area (Å²) in [6.07, 6.45) is 6.78. The van der Waals surface area contributed by atoms with E-state index in [1.807, 2.05) is 4.90 Å². The zero-order chi connectivity index (χ0) is 31.3. The molecule has 0 radical (unpaired) electrons. The highest BCUT2D eigenvalue weighted by Crippen LogP contribution is 2.36. The molecule has 2 aromatic rings. The highest BCUT2D eigenvalue weighted by molar-refractivity contribution is 7.10. The second-order valence-corrected chi connectivity index (χ2v) is 12.3. The van der Waals surface area contributed by atoms with E-state index < -0.39 is 6.04 Å². The van der Waals surface area contributed by atoms with Crippen molar-refractivity contribution in [1.82, 2.24) is 20.5 Å². The van der Waals surface area contributed by atoms with Gasteiger partial charge in [-0.25, -0.2) is 4.98 Å². The molecule has 2 heterocycles. The number of carbonyl (C=O) groups excluding carboxylic acids is 3. The normalized spacial score (nSPS) is 18.6. The zero-order valence-electron chi connectivity index (χ0n) is 25.9. The predicted molar refractivity (Wildman–Crippen MR) is 169 cm³/mol. The summed E-state index contributed by atoms with van der Waals surface area (Å²) in [6.45, 7) is 5.08. The number of aromatic nitrogens is 1. The molecule has 2 amide bonds. The molecule has 12 heteroatoms. The molecule has 242 valence electrons. The summed E-state index contributed by atoms with van der Waals surface area (Å²) in [5, 5.41) is 8.56. The summed E-state index contributed by atoms with van der Waals surface area (Å²) in [6, 6.07) is 5.87. The standard InChI is InChI=1S/C32H47N5O6S/c1-22(34-2)30(39)36-28(23-8-4-3-5-9-23)32(40)37-14-7-12-27(37)31-35-26(21-44-31)29(38)24-10-6-11-25(20-24)43-19-18-42-17-16-41-15-13-33/h6,10-11,20-23,27-28,34H,3-5,7-9,12-19,33H2,1-2H3,(H,36,39)/t22?,27-,28+/m1/s1. The lowest BCUT2D eigenvalue weighted by Crippen LogP contribution is -2.55. The van der Waals surface area contributed by atoms with Gasteiger partial charge in [-0.3, -0.25) is 14.4 Å². The minimum Gasteiger partial charge on any atom is -0.491 e. The Kier molecular flexibility index (Phi) is 13.6. The van der Waals surface area contributed by atoms with Crippen LogP contribution in [0.5, 0.6) is 5.75 Å². The van der Waals surface area contributed by atoms with Gasteiger partial charge in [0, 0.05) is 24.0 Å². The summed E-state index contributed by atoms with van der Waals surface area (Å²) in [4.78, 5) is 46.9. The van der Waals surface area contributed by atoms with Crippen molar-refractivity contribution in [2.45, 2.75) is 70.0 Å². The number of rotatable bonds is 17. The minimum absolute atomic E-state index is 0.0453. The average Bonchev–Trinajstić information content (AvgIpc) is 3.75. The lowest BCUT2D eigenvalue weighted by molar-refractivity contribution is -0.139. The Morgan fingerprint density at radius 1 is 1.05 bits per heavy atom. The maximum absolute atomic E-state index is 14.0. The Balaban J connectivity index is 1.38. The third-order valence-corrected chi connectivity index (χ3v) is 9.26. The molecule has 4 N–H and O–H groups in total. The molecular weight excluding hydrogens is 582 g/mol. The number of ketones is 1. The Morgan fingerprint density at radius 3 is 2.55 bits per heavy atom. The van der Waals surface area contributed by atoms with Crippen LogP contribution in [0.15, 0.2) is 29.6 Å². The van der Waals surface area contributed by atoms with Crippen LogP contribution >= 0.6 is 11.3 Å². The van der Waals surface area contributed by atoms with Gasteiger partial charge in [-0.05, 0) is 57.7 Å². The largest absolute Gasteiger partial charge is 0.491 e. The van der Waals surface area contributed by atoms with Crippen LogP contribution in [0.1, 0.15) is 79.0 Å². The first-order chi connectivity index (χ1) is 21.4. The smallest absolute Gasteiger partial charge is 0.246 e. The first-order valence-electron chi connectivity index (χ1n) is 15.8. The van der Waals surface area contributed by atoms with Crippen LogP contribution in [0.25, 0.3) is 0 Å². The molecule has 1 saturated heterocycles. The topological polar surface area (TPSA) is 145 Å². The monoisotopic (exact) mass is 629 g/mol. The fourth-order valence-corrected chi connectivity index (χ4v) is 6.71. The van der Waals surface area contributed by atoms with Crippen molar-refractivity contribution in [3.63, 3.8) is 0 Å². The van der Waals surface area contributed by atoms with Crippen molar-refractivity contribution in [3.8, 4) is 5.75 Å². The molecule has 1 aliphatic heterocycles. The van der Waals surface area contributed by atoms with Crippen molar-refractivity contribution in [1.29, 1.82) is 0 Å². The molecule has 3 atom stereocenters. The van der Waals surface area contributed by atoms with Gasteiger partial charge in [-0.1, -0.05) is 31.4 Å². The van der Waals surface area contributed by atoms with Crippen LogP contribution in [-0.2, 0) is 19.1 Å². The maximum atomic E-state index is 14.0. The van der Waals surface area contributed by atoms with E-state index in [1.54, 1.807) is 43.6 Å². The number of amides is 2. The van der Waals surface area contributed by atoms with Crippen LogP contribution in [-0.4, -0.2) is 92.7 Å². The predicted octanol–water partition coefficient (Wildman–Crippen LogP) is 3.08. The molecule has 1 aliphatic carbocycles. The van der Waals surface area contributed by atoms with E-state index in [4.69, 9.17) is 24.9 Å². The average molecular weight is 630 g/mol. The Hall–Kier alpha value is -2.90. The van der Waals surface area contributed by atoms with Gasteiger partial charge in [0.15, 0.2) is 0 Å². The molecule has 1 saturated carbocycles. The van der Waals surface area contributed by atoms with Gasteiger partial charge in [-0.2, -0.15) is 0 Å². The van der Waals surface area contributed by atoms with Crippen molar-refractivity contribution < 1.29 is 28.6 Å². The summed E-state index contributed by atoms with van der Waals surface area (Å²) in [5.41, 5.74) is 6.22. The fraction of sp³-hybridized carbons (Fsp3) is 0.625. The van der Waals surface area contributed by atoms with Crippen LogP contribution in [0, 0.1) is 5.92 Å². The van der Waals surface area contributed by atoms with Gasteiger partial charge in [0.2, 0.25) is 17.6 Å².